The van der Waals surface area contributed by atoms with Crippen molar-refractivity contribution in [3.63, 3.8) is 0 Å². The van der Waals surface area contributed by atoms with Crippen LogP contribution in [-0.4, -0.2) is 9.97 Å². The fourth-order valence-electron chi connectivity index (χ4n) is 7.39. The summed E-state index contributed by atoms with van der Waals surface area (Å²) in [6, 6.07) is 68.1. The van der Waals surface area contributed by atoms with E-state index in [9.17, 15) is 0 Å². The third-order valence-electron chi connectivity index (χ3n) is 10.1. The minimum atomic E-state index is 0.679. The molecule has 8 aromatic carbocycles. The predicted octanol–water partition coefficient (Wildman–Crippen LogP) is 13.5. The number of hydrogen-bond acceptors (Lipinski definition) is 3. The Morgan fingerprint density at radius 2 is 0.792 bits per heavy atom. The molecule has 0 unspecified atom stereocenters. The lowest BCUT2D eigenvalue weighted by molar-refractivity contribution is 0.669. The van der Waals surface area contributed by atoms with E-state index in [1.54, 1.807) is 0 Å². The molecule has 0 spiro atoms. The number of benzene rings is 8. The minimum absolute atomic E-state index is 0.679. The average Bonchev–Trinajstić information content (AvgIpc) is 3.63. The van der Waals surface area contributed by atoms with E-state index < -0.39 is 0 Å². The summed E-state index contributed by atoms with van der Waals surface area (Å²) in [6.45, 7) is 0. The average molecular weight is 677 g/mol. The molecule has 3 nitrogen and oxygen atoms in total. The van der Waals surface area contributed by atoms with Gasteiger partial charge in [-0.2, -0.15) is 0 Å². The van der Waals surface area contributed by atoms with Gasteiger partial charge in [-0.15, -0.1) is 0 Å². The van der Waals surface area contributed by atoms with Crippen molar-refractivity contribution in [1.82, 2.24) is 9.97 Å². The molecule has 3 heteroatoms. The number of aromatic nitrogens is 2. The highest BCUT2D eigenvalue weighted by Crippen LogP contribution is 2.38. The molecule has 2 heterocycles. The summed E-state index contributed by atoms with van der Waals surface area (Å²) in [5.74, 6) is 0.679. The van der Waals surface area contributed by atoms with Gasteiger partial charge < -0.3 is 4.42 Å². The Kier molecular flexibility index (Phi) is 7.47. The molecule has 0 bridgehead atoms. The summed E-state index contributed by atoms with van der Waals surface area (Å²) in [6.07, 6.45) is 0. The number of hydrogen-bond donors (Lipinski definition) is 0. The van der Waals surface area contributed by atoms with Gasteiger partial charge >= 0.3 is 0 Å². The molecule has 0 aliphatic rings. The number of furan rings is 1. The largest absolute Gasteiger partial charge is 0.456 e. The molecule has 0 amide bonds. The maximum absolute atomic E-state index is 6.32. The van der Waals surface area contributed by atoms with Crippen LogP contribution in [0.2, 0.25) is 0 Å². The van der Waals surface area contributed by atoms with Gasteiger partial charge in [-0.1, -0.05) is 146 Å². The highest BCUT2D eigenvalue weighted by atomic mass is 16.3. The Bertz CT molecular complexity index is 2860. The second-order valence-corrected chi connectivity index (χ2v) is 13.4. The minimum Gasteiger partial charge on any atom is -0.456 e. The lowest BCUT2D eigenvalue weighted by Gasteiger charge is -2.12. The van der Waals surface area contributed by atoms with Gasteiger partial charge in [-0.05, 0) is 92.7 Å². The lowest BCUT2D eigenvalue weighted by atomic mass is 9.93. The summed E-state index contributed by atoms with van der Waals surface area (Å²) >= 11 is 0. The molecule has 10 rings (SSSR count). The molecule has 0 N–H and O–H groups in total. The zero-order valence-corrected chi connectivity index (χ0v) is 28.8. The van der Waals surface area contributed by atoms with Gasteiger partial charge in [0.1, 0.15) is 11.2 Å². The van der Waals surface area contributed by atoms with Gasteiger partial charge in [0.15, 0.2) is 5.82 Å². The van der Waals surface area contributed by atoms with Crippen molar-refractivity contribution >= 4 is 32.7 Å². The first-order valence-corrected chi connectivity index (χ1v) is 17.9. The zero-order valence-electron chi connectivity index (χ0n) is 28.8. The van der Waals surface area contributed by atoms with Crippen LogP contribution in [-0.2, 0) is 0 Å². The van der Waals surface area contributed by atoms with Crippen molar-refractivity contribution in [2.75, 3.05) is 0 Å². The molecular weight excluding hydrogens is 645 g/mol. The normalized spacial score (nSPS) is 11.4. The standard InChI is InChI=1S/C50H32N2O/c1-4-12-33(13-5-1)40-28-41(34-14-6-2-7-15-34)30-42(29-40)35-20-22-38(23-21-35)50-51-45(37-17-8-3-9-18-37)32-46(52-50)39-25-26-47-44(31-39)49-43-19-11-10-16-36(43)24-27-48(49)53-47/h1-32H. The van der Waals surface area contributed by atoms with E-state index in [1.807, 2.05) is 18.2 Å². The first kappa shape index (κ1) is 30.7. The van der Waals surface area contributed by atoms with E-state index in [-0.39, 0.29) is 0 Å². The second kappa shape index (κ2) is 12.9. The Labute approximate surface area is 307 Å². The van der Waals surface area contributed by atoms with Crippen molar-refractivity contribution in [2.45, 2.75) is 0 Å². The molecule has 0 fully saturated rings. The molecule has 0 saturated heterocycles. The van der Waals surface area contributed by atoms with E-state index in [0.29, 0.717) is 5.82 Å². The van der Waals surface area contributed by atoms with E-state index >= 15 is 0 Å². The molecule has 0 atom stereocenters. The molecule has 0 aliphatic heterocycles. The van der Waals surface area contributed by atoms with E-state index in [4.69, 9.17) is 14.4 Å². The molecule has 10 aromatic rings. The maximum Gasteiger partial charge on any atom is 0.160 e. The van der Waals surface area contributed by atoms with Gasteiger partial charge in [0, 0.05) is 27.5 Å². The van der Waals surface area contributed by atoms with Crippen LogP contribution in [0.25, 0.3) is 100.0 Å². The Balaban J connectivity index is 1.09. The Morgan fingerprint density at radius 3 is 1.43 bits per heavy atom. The first-order valence-electron chi connectivity index (χ1n) is 17.9. The molecule has 248 valence electrons. The van der Waals surface area contributed by atoms with Crippen molar-refractivity contribution in [3.8, 4) is 67.3 Å². The fourth-order valence-corrected chi connectivity index (χ4v) is 7.39. The number of fused-ring (bicyclic) bond motifs is 5. The van der Waals surface area contributed by atoms with Crippen LogP contribution in [0.3, 0.4) is 0 Å². The van der Waals surface area contributed by atoms with Crippen molar-refractivity contribution in [3.05, 3.63) is 194 Å². The number of nitrogens with zero attached hydrogens (tertiary/aromatic N) is 2. The van der Waals surface area contributed by atoms with E-state index in [1.165, 1.54) is 33.0 Å². The van der Waals surface area contributed by atoms with Gasteiger partial charge in [-0.25, -0.2) is 9.97 Å². The Hall–Kier alpha value is -7.10. The van der Waals surface area contributed by atoms with Gasteiger partial charge in [0.05, 0.1) is 11.4 Å². The smallest absolute Gasteiger partial charge is 0.160 e. The molecular formula is C50H32N2O. The summed E-state index contributed by atoms with van der Waals surface area (Å²) in [5.41, 5.74) is 13.5. The summed E-state index contributed by atoms with van der Waals surface area (Å²) in [5, 5.41) is 4.57. The molecule has 2 aromatic heterocycles. The summed E-state index contributed by atoms with van der Waals surface area (Å²) < 4.78 is 6.32. The monoisotopic (exact) mass is 676 g/mol. The van der Waals surface area contributed by atoms with Crippen LogP contribution < -0.4 is 0 Å². The van der Waals surface area contributed by atoms with Crippen LogP contribution in [0.5, 0.6) is 0 Å². The van der Waals surface area contributed by atoms with Crippen LogP contribution in [0.4, 0.5) is 0 Å². The van der Waals surface area contributed by atoms with E-state index in [0.717, 1.165) is 61.1 Å². The van der Waals surface area contributed by atoms with Crippen LogP contribution in [0, 0.1) is 0 Å². The van der Waals surface area contributed by atoms with Gasteiger partial charge in [0.25, 0.3) is 0 Å². The zero-order chi connectivity index (χ0) is 35.1. The van der Waals surface area contributed by atoms with Crippen molar-refractivity contribution in [2.24, 2.45) is 0 Å². The number of rotatable bonds is 6. The van der Waals surface area contributed by atoms with Gasteiger partial charge in [0.2, 0.25) is 0 Å². The fraction of sp³-hybridized carbons (Fsp3) is 0. The highest BCUT2D eigenvalue weighted by molar-refractivity contribution is 6.19. The summed E-state index contributed by atoms with van der Waals surface area (Å²) in [4.78, 5) is 10.3. The van der Waals surface area contributed by atoms with Crippen LogP contribution in [0.15, 0.2) is 199 Å². The van der Waals surface area contributed by atoms with Crippen LogP contribution in [0.1, 0.15) is 0 Å². The molecule has 53 heavy (non-hydrogen) atoms. The van der Waals surface area contributed by atoms with Crippen molar-refractivity contribution in [1.29, 1.82) is 0 Å². The SMILES string of the molecule is c1ccc(-c2cc(-c3ccccc3)cc(-c3ccc(-c4nc(-c5ccccc5)cc(-c5ccc6oc7ccc8ccccc8c7c6c5)n4)cc3)c2)cc1. The summed E-state index contributed by atoms with van der Waals surface area (Å²) in [7, 11) is 0. The van der Waals surface area contributed by atoms with E-state index in [2.05, 4.69) is 176 Å². The first-order chi connectivity index (χ1) is 26.2. The molecule has 0 aliphatic carbocycles. The van der Waals surface area contributed by atoms with Crippen LogP contribution >= 0.6 is 0 Å². The molecule has 0 saturated carbocycles. The quantitative estimate of drug-likeness (QED) is 0.176. The third kappa shape index (κ3) is 5.75. The second-order valence-electron chi connectivity index (χ2n) is 13.4. The lowest BCUT2D eigenvalue weighted by Crippen LogP contribution is -1.96. The highest BCUT2D eigenvalue weighted by Gasteiger charge is 2.15. The third-order valence-corrected chi connectivity index (χ3v) is 10.1. The van der Waals surface area contributed by atoms with Crippen molar-refractivity contribution < 1.29 is 4.42 Å². The molecule has 0 radical (unpaired) electrons. The predicted molar refractivity (Wildman–Crippen MR) is 219 cm³/mol. The topological polar surface area (TPSA) is 38.9 Å². The Morgan fingerprint density at radius 1 is 0.302 bits per heavy atom. The van der Waals surface area contributed by atoms with Gasteiger partial charge in [-0.3, -0.25) is 0 Å². The maximum atomic E-state index is 6.32.